The minimum atomic E-state index is 0.255. The summed E-state index contributed by atoms with van der Waals surface area (Å²) in [7, 11) is 3.78. The zero-order chi connectivity index (χ0) is 12.3. The van der Waals surface area contributed by atoms with Crippen LogP contribution in [-0.2, 0) is 6.54 Å². The van der Waals surface area contributed by atoms with Gasteiger partial charge in [-0.25, -0.2) is 0 Å². The fraction of sp³-hybridized carbons (Fsp3) is 0.273. The number of aromatic nitrogens is 3. The van der Waals surface area contributed by atoms with Gasteiger partial charge in [0.2, 0.25) is 5.95 Å². The van der Waals surface area contributed by atoms with Crippen molar-refractivity contribution >= 4 is 11.6 Å². The van der Waals surface area contributed by atoms with Crippen LogP contribution in [0.25, 0.3) is 0 Å². The summed E-state index contributed by atoms with van der Waals surface area (Å²) in [5.41, 5.74) is 0.922. The molecule has 1 aromatic carbocycles. The van der Waals surface area contributed by atoms with Crippen LogP contribution in [0.2, 0.25) is 0 Å². The number of H-pyrrole nitrogens is 1. The normalized spacial score (nSPS) is 10.2. The van der Waals surface area contributed by atoms with Gasteiger partial charge in [0.05, 0.1) is 6.54 Å². The Morgan fingerprint density at radius 2 is 2.00 bits per heavy atom. The van der Waals surface area contributed by atoms with E-state index in [2.05, 4.69) is 20.5 Å². The highest BCUT2D eigenvalue weighted by molar-refractivity contribution is 5.46. The van der Waals surface area contributed by atoms with E-state index in [1.54, 1.807) is 24.3 Å². The number of hydrogen-bond acceptors (Lipinski definition) is 5. The van der Waals surface area contributed by atoms with Crippen LogP contribution in [0.4, 0.5) is 11.6 Å². The first-order valence-corrected chi connectivity index (χ1v) is 5.26. The lowest BCUT2D eigenvalue weighted by Crippen LogP contribution is -2.10. The van der Waals surface area contributed by atoms with Gasteiger partial charge in [0.1, 0.15) is 11.6 Å². The molecule has 0 radical (unpaired) electrons. The number of aromatic amines is 1. The number of aromatic hydroxyl groups is 1. The van der Waals surface area contributed by atoms with Crippen LogP contribution < -0.4 is 10.2 Å². The molecule has 0 aliphatic carbocycles. The van der Waals surface area contributed by atoms with Gasteiger partial charge in [-0.1, -0.05) is 0 Å². The third-order valence-electron chi connectivity index (χ3n) is 2.25. The summed E-state index contributed by atoms with van der Waals surface area (Å²) in [5.74, 6) is 1.68. The summed E-state index contributed by atoms with van der Waals surface area (Å²) in [6.07, 6.45) is 0. The van der Waals surface area contributed by atoms with Crippen LogP contribution in [0.15, 0.2) is 24.3 Å². The molecule has 0 aliphatic rings. The average molecular weight is 233 g/mol. The van der Waals surface area contributed by atoms with Crippen molar-refractivity contribution in [3.63, 3.8) is 0 Å². The highest BCUT2D eigenvalue weighted by atomic mass is 16.3. The van der Waals surface area contributed by atoms with Crippen molar-refractivity contribution in [2.24, 2.45) is 0 Å². The second kappa shape index (κ2) is 4.73. The molecular weight excluding hydrogens is 218 g/mol. The van der Waals surface area contributed by atoms with Crippen LogP contribution in [0.5, 0.6) is 5.75 Å². The quantitative estimate of drug-likeness (QED) is 0.691. The molecule has 0 saturated carbocycles. The van der Waals surface area contributed by atoms with Gasteiger partial charge in [-0.05, 0) is 24.3 Å². The number of rotatable bonds is 4. The van der Waals surface area contributed by atoms with E-state index in [-0.39, 0.29) is 5.75 Å². The maximum atomic E-state index is 9.14. The summed E-state index contributed by atoms with van der Waals surface area (Å²) in [6, 6.07) is 6.87. The van der Waals surface area contributed by atoms with Crippen LogP contribution in [0, 0.1) is 0 Å². The fourth-order valence-electron chi connectivity index (χ4n) is 1.33. The first-order valence-electron chi connectivity index (χ1n) is 5.26. The predicted molar refractivity (Wildman–Crippen MR) is 66.1 cm³/mol. The Morgan fingerprint density at radius 3 is 2.59 bits per heavy atom. The van der Waals surface area contributed by atoms with Gasteiger partial charge in [-0.3, -0.25) is 5.10 Å². The molecule has 0 unspecified atom stereocenters. The SMILES string of the molecule is CN(C)c1n[nH]c(CNc2ccc(O)cc2)n1. The zero-order valence-corrected chi connectivity index (χ0v) is 9.81. The Morgan fingerprint density at radius 1 is 1.29 bits per heavy atom. The van der Waals surface area contributed by atoms with E-state index in [1.165, 1.54) is 0 Å². The molecule has 1 aromatic heterocycles. The second-order valence-corrected chi connectivity index (χ2v) is 3.88. The third-order valence-corrected chi connectivity index (χ3v) is 2.25. The minimum Gasteiger partial charge on any atom is -0.508 e. The van der Waals surface area contributed by atoms with Gasteiger partial charge in [0, 0.05) is 19.8 Å². The van der Waals surface area contributed by atoms with E-state index >= 15 is 0 Å². The summed E-state index contributed by atoms with van der Waals surface area (Å²) >= 11 is 0. The van der Waals surface area contributed by atoms with Crippen molar-refractivity contribution in [1.29, 1.82) is 0 Å². The zero-order valence-electron chi connectivity index (χ0n) is 9.81. The highest BCUT2D eigenvalue weighted by Gasteiger charge is 2.03. The van der Waals surface area contributed by atoms with Gasteiger partial charge >= 0.3 is 0 Å². The molecule has 90 valence electrons. The van der Waals surface area contributed by atoms with Crippen LogP contribution in [0.3, 0.4) is 0 Å². The van der Waals surface area contributed by atoms with E-state index in [4.69, 9.17) is 5.11 Å². The van der Waals surface area contributed by atoms with E-state index < -0.39 is 0 Å². The van der Waals surface area contributed by atoms with Crippen molar-refractivity contribution in [3.8, 4) is 5.75 Å². The number of phenolic OH excluding ortho intramolecular Hbond substituents is 1. The van der Waals surface area contributed by atoms with Crippen molar-refractivity contribution in [2.45, 2.75) is 6.54 Å². The average Bonchev–Trinajstić information content (AvgIpc) is 2.77. The van der Waals surface area contributed by atoms with Gasteiger partial charge in [0.15, 0.2) is 0 Å². The molecule has 0 atom stereocenters. The van der Waals surface area contributed by atoms with E-state index in [1.807, 2.05) is 19.0 Å². The van der Waals surface area contributed by atoms with Crippen molar-refractivity contribution in [3.05, 3.63) is 30.1 Å². The molecule has 0 amide bonds. The van der Waals surface area contributed by atoms with Gasteiger partial charge in [-0.2, -0.15) is 4.98 Å². The molecule has 2 aromatic rings. The molecule has 0 aliphatic heterocycles. The Balaban J connectivity index is 1.95. The molecule has 1 heterocycles. The lowest BCUT2D eigenvalue weighted by atomic mass is 10.3. The van der Waals surface area contributed by atoms with Gasteiger partial charge in [0.25, 0.3) is 0 Å². The molecule has 2 rings (SSSR count). The Labute approximate surface area is 99.3 Å². The Kier molecular flexibility index (Phi) is 3.13. The Bertz CT molecular complexity index is 477. The number of nitrogens with one attached hydrogen (secondary N) is 2. The molecule has 3 N–H and O–H groups in total. The smallest absolute Gasteiger partial charge is 0.244 e. The lowest BCUT2D eigenvalue weighted by molar-refractivity contribution is 0.475. The largest absolute Gasteiger partial charge is 0.508 e. The molecule has 17 heavy (non-hydrogen) atoms. The first-order chi connectivity index (χ1) is 8.15. The molecule has 6 nitrogen and oxygen atoms in total. The standard InChI is InChI=1S/C11H15N5O/c1-16(2)11-13-10(14-15-11)7-12-8-3-5-9(17)6-4-8/h3-6,12,17H,7H2,1-2H3,(H,13,14,15). The Hall–Kier alpha value is -2.24. The molecule has 0 fully saturated rings. The number of phenols is 1. The predicted octanol–water partition coefficient (Wildman–Crippen LogP) is 1.19. The number of nitrogens with zero attached hydrogens (tertiary/aromatic N) is 3. The van der Waals surface area contributed by atoms with Gasteiger partial charge < -0.3 is 15.3 Å². The summed E-state index contributed by atoms with van der Waals surface area (Å²) in [5, 5.41) is 19.2. The van der Waals surface area contributed by atoms with E-state index in [0.717, 1.165) is 11.5 Å². The van der Waals surface area contributed by atoms with Crippen molar-refractivity contribution < 1.29 is 5.11 Å². The monoisotopic (exact) mass is 233 g/mol. The van der Waals surface area contributed by atoms with Gasteiger partial charge in [-0.15, -0.1) is 5.10 Å². The molecule has 0 bridgehead atoms. The first kappa shape index (κ1) is 11.3. The highest BCUT2D eigenvalue weighted by Crippen LogP contribution is 2.14. The van der Waals surface area contributed by atoms with E-state index in [0.29, 0.717) is 12.5 Å². The molecule has 0 saturated heterocycles. The number of benzene rings is 1. The van der Waals surface area contributed by atoms with Crippen molar-refractivity contribution in [1.82, 2.24) is 15.2 Å². The topological polar surface area (TPSA) is 77.1 Å². The van der Waals surface area contributed by atoms with Crippen LogP contribution >= 0.6 is 0 Å². The summed E-state index contributed by atoms with van der Waals surface area (Å²) in [4.78, 5) is 6.12. The molecule has 0 spiro atoms. The number of hydrogen-bond donors (Lipinski definition) is 3. The fourth-order valence-corrected chi connectivity index (χ4v) is 1.33. The minimum absolute atomic E-state index is 0.255. The van der Waals surface area contributed by atoms with Crippen molar-refractivity contribution in [2.75, 3.05) is 24.3 Å². The maximum Gasteiger partial charge on any atom is 0.244 e. The third kappa shape index (κ3) is 2.87. The van der Waals surface area contributed by atoms with Crippen LogP contribution in [0.1, 0.15) is 5.82 Å². The summed E-state index contributed by atoms with van der Waals surface area (Å²) in [6.45, 7) is 0.561. The second-order valence-electron chi connectivity index (χ2n) is 3.88. The number of anilines is 2. The maximum absolute atomic E-state index is 9.14. The molecular formula is C11H15N5O. The van der Waals surface area contributed by atoms with Crippen LogP contribution in [-0.4, -0.2) is 34.4 Å². The molecule has 6 heteroatoms. The summed E-state index contributed by atoms with van der Waals surface area (Å²) < 4.78 is 0. The van der Waals surface area contributed by atoms with E-state index in [9.17, 15) is 0 Å². The lowest BCUT2D eigenvalue weighted by Gasteiger charge is -2.05.